The molecule has 0 amide bonds. The van der Waals surface area contributed by atoms with Gasteiger partial charge >= 0.3 is 10.3 Å². The monoisotopic (exact) mass is 330 g/mol. The van der Waals surface area contributed by atoms with Crippen LogP contribution in [0.2, 0.25) is 0 Å². The number of nitrogens with two attached hydrogens (primary N) is 1. The van der Waals surface area contributed by atoms with E-state index in [0.717, 1.165) is 17.1 Å². The lowest BCUT2D eigenvalue weighted by Gasteiger charge is -2.16. The van der Waals surface area contributed by atoms with Gasteiger partial charge in [-0.15, -0.1) is 0 Å². The molecule has 0 aliphatic heterocycles. The fourth-order valence-electron chi connectivity index (χ4n) is 2.68. The molecule has 1 aliphatic carbocycles. The van der Waals surface area contributed by atoms with Gasteiger partial charge in [0.05, 0.1) is 12.7 Å². The van der Waals surface area contributed by atoms with E-state index in [9.17, 15) is 13.5 Å². The molecule has 124 valence electrons. The van der Waals surface area contributed by atoms with Crippen molar-refractivity contribution in [2.45, 2.75) is 45.8 Å². The van der Waals surface area contributed by atoms with E-state index in [1.165, 1.54) is 0 Å². The average molecular weight is 330 g/mol. The average Bonchev–Trinajstić information content (AvgIpc) is 2.72. The molecule has 1 fully saturated rings. The third-order valence-corrected chi connectivity index (χ3v) is 4.41. The highest BCUT2D eigenvalue weighted by Crippen LogP contribution is 2.29. The molecule has 0 spiro atoms. The van der Waals surface area contributed by atoms with Gasteiger partial charge in [-0.1, -0.05) is 0 Å². The molecule has 9 heteroatoms. The number of anilines is 1. The molecule has 0 unspecified atom stereocenters. The van der Waals surface area contributed by atoms with E-state index in [1.807, 2.05) is 20.8 Å². The van der Waals surface area contributed by atoms with Crippen LogP contribution < -0.4 is 10.5 Å². The van der Waals surface area contributed by atoms with Crippen LogP contribution in [0.1, 0.15) is 29.9 Å². The molecule has 0 radical (unpaired) electrons. The maximum Gasteiger partial charge on any atom is 0.333 e. The summed E-state index contributed by atoms with van der Waals surface area (Å²) in [6, 6.07) is -0.00326. The van der Waals surface area contributed by atoms with Gasteiger partial charge in [-0.3, -0.25) is 4.18 Å². The maximum atomic E-state index is 10.8. The molecule has 1 heterocycles. The lowest BCUT2D eigenvalue weighted by Crippen LogP contribution is -2.24. The van der Waals surface area contributed by atoms with Crippen molar-refractivity contribution in [1.29, 1.82) is 0 Å². The Morgan fingerprint density at radius 2 is 2.00 bits per heavy atom. The van der Waals surface area contributed by atoms with Gasteiger partial charge in [0.1, 0.15) is 11.6 Å². The smallest absolute Gasteiger partial charge is 0.333 e. The van der Waals surface area contributed by atoms with E-state index in [2.05, 4.69) is 19.5 Å². The van der Waals surface area contributed by atoms with Crippen molar-refractivity contribution >= 4 is 16.1 Å². The van der Waals surface area contributed by atoms with Crippen molar-refractivity contribution in [1.82, 2.24) is 9.97 Å². The molecule has 1 saturated carbocycles. The first kappa shape index (κ1) is 17.1. The molecule has 0 aromatic carbocycles. The van der Waals surface area contributed by atoms with Gasteiger partial charge in [-0.2, -0.15) is 8.42 Å². The summed E-state index contributed by atoms with van der Waals surface area (Å²) in [4.78, 5) is 8.68. The van der Waals surface area contributed by atoms with E-state index in [-0.39, 0.29) is 18.6 Å². The van der Waals surface area contributed by atoms with Gasteiger partial charge in [0.2, 0.25) is 0 Å². The van der Waals surface area contributed by atoms with Crippen LogP contribution in [0.15, 0.2) is 0 Å². The fraction of sp³-hybridized carbons (Fsp3) is 0.692. The van der Waals surface area contributed by atoms with E-state index in [0.29, 0.717) is 18.7 Å². The van der Waals surface area contributed by atoms with Gasteiger partial charge in [0, 0.05) is 23.2 Å². The van der Waals surface area contributed by atoms with Crippen LogP contribution in [0.25, 0.3) is 0 Å². The number of nitrogens with zero attached hydrogens (tertiary/aromatic N) is 2. The lowest BCUT2D eigenvalue weighted by atomic mass is 10.1. The van der Waals surface area contributed by atoms with Crippen molar-refractivity contribution in [3.63, 3.8) is 0 Å². The van der Waals surface area contributed by atoms with Crippen LogP contribution in [0, 0.1) is 26.7 Å². The second kappa shape index (κ2) is 6.45. The largest absolute Gasteiger partial charge is 0.393 e. The normalized spacial score (nSPS) is 25.4. The molecular weight excluding hydrogens is 308 g/mol. The van der Waals surface area contributed by atoms with Crippen LogP contribution in [-0.4, -0.2) is 42.2 Å². The first-order valence-corrected chi connectivity index (χ1v) is 8.56. The molecule has 4 N–H and O–H groups in total. The summed E-state index contributed by atoms with van der Waals surface area (Å²) >= 11 is 0. The molecule has 1 aliphatic rings. The molecule has 0 bridgehead atoms. The number of rotatable bonds is 5. The Bertz CT molecular complexity index is 650. The van der Waals surface area contributed by atoms with Crippen LogP contribution in [0.3, 0.4) is 0 Å². The van der Waals surface area contributed by atoms with Crippen molar-refractivity contribution in [2.24, 2.45) is 11.1 Å². The minimum Gasteiger partial charge on any atom is -0.393 e. The van der Waals surface area contributed by atoms with Gasteiger partial charge in [-0.25, -0.2) is 15.1 Å². The zero-order chi connectivity index (χ0) is 16.5. The number of hydrogen-bond acceptors (Lipinski definition) is 7. The Kier molecular flexibility index (Phi) is 5.00. The van der Waals surface area contributed by atoms with Crippen LogP contribution in [0.4, 0.5) is 5.82 Å². The summed E-state index contributed by atoms with van der Waals surface area (Å²) in [7, 11) is -3.98. The summed E-state index contributed by atoms with van der Waals surface area (Å²) in [5.74, 6) is 1.15. The summed E-state index contributed by atoms with van der Waals surface area (Å²) in [5, 5.41) is 18.1. The number of aliphatic hydroxyl groups is 1. The summed E-state index contributed by atoms with van der Waals surface area (Å²) < 4.78 is 26.2. The topological polar surface area (TPSA) is 127 Å². The predicted octanol–water partition coefficient (Wildman–Crippen LogP) is 0.173. The second-order valence-corrected chi connectivity index (χ2v) is 6.97. The maximum absolute atomic E-state index is 10.8. The van der Waals surface area contributed by atoms with Crippen molar-refractivity contribution in [3.8, 4) is 0 Å². The highest BCUT2D eigenvalue weighted by Gasteiger charge is 2.34. The summed E-state index contributed by atoms with van der Waals surface area (Å²) in [6.45, 7) is 5.56. The molecule has 0 saturated heterocycles. The molecule has 8 nitrogen and oxygen atoms in total. The lowest BCUT2D eigenvalue weighted by molar-refractivity contribution is 0.101. The Hall–Kier alpha value is -1.29. The number of aromatic nitrogens is 2. The first-order chi connectivity index (χ1) is 10.2. The van der Waals surface area contributed by atoms with E-state index in [1.54, 1.807) is 0 Å². The van der Waals surface area contributed by atoms with Crippen molar-refractivity contribution < 1.29 is 17.7 Å². The molecule has 2 rings (SSSR count). The highest BCUT2D eigenvalue weighted by molar-refractivity contribution is 7.84. The van der Waals surface area contributed by atoms with Crippen LogP contribution in [0.5, 0.6) is 0 Å². The van der Waals surface area contributed by atoms with Gasteiger partial charge < -0.3 is 10.4 Å². The molecule has 3 atom stereocenters. The minimum atomic E-state index is -3.98. The molecular formula is C13H22N4O4S. The quantitative estimate of drug-likeness (QED) is 0.702. The van der Waals surface area contributed by atoms with Crippen LogP contribution >= 0.6 is 0 Å². The Morgan fingerprint density at radius 3 is 2.64 bits per heavy atom. The van der Waals surface area contributed by atoms with Gasteiger partial charge in [0.15, 0.2) is 0 Å². The first-order valence-electron chi connectivity index (χ1n) is 7.09. The minimum absolute atomic E-state index is 0.00326. The molecule has 1 aromatic rings. The van der Waals surface area contributed by atoms with E-state index in [4.69, 9.17) is 5.14 Å². The predicted molar refractivity (Wildman–Crippen MR) is 81.4 cm³/mol. The van der Waals surface area contributed by atoms with E-state index >= 15 is 0 Å². The Balaban J connectivity index is 2.01. The molecule has 22 heavy (non-hydrogen) atoms. The number of aliphatic hydroxyl groups excluding tert-OH is 1. The highest BCUT2D eigenvalue weighted by atomic mass is 32.2. The third kappa shape index (κ3) is 4.35. The van der Waals surface area contributed by atoms with Crippen LogP contribution in [-0.2, 0) is 14.5 Å². The van der Waals surface area contributed by atoms with Gasteiger partial charge in [-0.05, 0) is 33.6 Å². The summed E-state index contributed by atoms with van der Waals surface area (Å²) in [6.07, 6.45) is 0.446. The number of hydrogen-bond donors (Lipinski definition) is 3. The molecule has 1 aromatic heterocycles. The summed E-state index contributed by atoms with van der Waals surface area (Å²) in [5.41, 5.74) is 1.87. The third-order valence-electron chi connectivity index (χ3n) is 3.95. The van der Waals surface area contributed by atoms with Crippen molar-refractivity contribution in [2.75, 3.05) is 11.9 Å². The zero-order valence-electron chi connectivity index (χ0n) is 12.9. The SMILES string of the molecule is Cc1nc(C)c(C)c(N[C@@H]2C[C@@H](COS(N)(=O)=O)[C@@H](O)C2)n1. The van der Waals surface area contributed by atoms with E-state index < -0.39 is 16.4 Å². The van der Waals surface area contributed by atoms with Gasteiger partial charge in [0.25, 0.3) is 0 Å². The second-order valence-electron chi connectivity index (χ2n) is 5.75. The van der Waals surface area contributed by atoms with Crippen molar-refractivity contribution in [3.05, 3.63) is 17.1 Å². The fourth-order valence-corrected chi connectivity index (χ4v) is 3.05. The number of aryl methyl sites for hydroxylation is 2. The standard InChI is InChI=1S/C13H22N4O4S/c1-7-8(2)15-9(3)16-13(7)17-11-4-10(12(18)5-11)6-21-22(14,19)20/h10-12,18H,4-6H2,1-3H3,(H2,14,19,20)(H,15,16,17)/t10-,11+,12-/m0/s1. The Labute approximate surface area is 130 Å². The number of nitrogens with one attached hydrogen (secondary N) is 1. The Morgan fingerprint density at radius 1 is 1.32 bits per heavy atom. The zero-order valence-corrected chi connectivity index (χ0v) is 13.7.